The Kier molecular flexibility index (Phi) is 9.82. The van der Waals surface area contributed by atoms with Crippen molar-refractivity contribution in [3.8, 4) is 0 Å². The van der Waals surface area contributed by atoms with Gasteiger partial charge in [0, 0.05) is 0 Å². The molecule has 5 heteroatoms. The molecule has 216 valence electrons. The van der Waals surface area contributed by atoms with E-state index in [2.05, 4.69) is 79.7 Å². The zero-order chi connectivity index (χ0) is 28.6. The average molecular weight is 589 g/mol. The Morgan fingerprint density at radius 1 is 0.390 bits per heavy atom. The Bertz CT molecular complexity index is 1560. The van der Waals surface area contributed by atoms with Gasteiger partial charge in [0.2, 0.25) is 0 Å². The fourth-order valence-electron chi connectivity index (χ4n) is 6.92. The Labute approximate surface area is 256 Å². The second kappa shape index (κ2) is 13.0. The van der Waals surface area contributed by atoms with E-state index in [1.807, 2.05) is 0 Å². The van der Waals surface area contributed by atoms with Gasteiger partial charge in [0.1, 0.15) is 0 Å². The predicted octanol–water partition coefficient (Wildman–Crippen LogP) is 9.28. The number of rotatable bonds is 8. The maximum Gasteiger partial charge on any atom is 2.00 e. The van der Waals surface area contributed by atoms with Crippen molar-refractivity contribution in [3.05, 3.63) is 69.3 Å². The van der Waals surface area contributed by atoms with Crippen molar-refractivity contribution < 1.29 is 17.1 Å². The van der Waals surface area contributed by atoms with Crippen LogP contribution in [0.15, 0.2) is 24.3 Å². The van der Waals surface area contributed by atoms with E-state index in [1.165, 1.54) is 44.5 Å². The van der Waals surface area contributed by atoms with Gasteiger partial charge in [-0.3, -0.25) is 0 Å². The molecule has 2 aliphatic heterocycles. The molecule has 0 saturated carbocycles. The van der Waals surface area contributed by atoms with Gasteiger partial charge in [-0.1, -0.05) is 95.8 Å². The Hall–Kier alpha value is -2.88. The van der Waals surface area contributed by atoms with Crippen molar-refractivity contribution in [2.75, 3.05) is 0 Å². The van der Waals surface area contributed by atoms with E-state index in [0.717, 1.165) is 96.2 Å². The summed E-state index contributed by atoms with van der Waals surface area (Å²) in [5.41, 5.74) is 19.1. The fraction of sp³-hybridized carbons (Fsp3) is 0.444. The molecule has 0 atom stereocenters. The molecule has 8 bridgehead atoms. The average Bonchev–Trinajstić information content (AvgIpc) is 3.67. The van der Waals surface area contributed by atoms with Crippen LogP contribution < -0.4 is 9.97 Å². The monoisotopic (exact) mass is 588 g/mol. The molecule has 0 N–H and O–H groups in total. The second-order valence-electron chi connectivity index (χ2n) is 10.8. The molecular formula is C36H44FeN4. The topological polar surface area (TPSA) is 54.0 Å². The Morgan fingerprint density at radius 3 is 0.927 bits per heavy atom. The van der Waals surface area contributed by atoms with Gasteiger partial charge in [-0.15, -0.1) is 22.1 Å². The molecule has 3 aromatic heterocycles. The quantitative estimate of drug-likeness (QED) is 0.246. The van der Waals surface area contributed by atoms with E-state index in [1.54, 1.807) is 0 Å². The predicted molar refractivity (Wildman–Crippen MR) is 171 cm³/mol. The number of allylic oxidation sites excluding steroid dienone is 4. The molecule has 0 spiro atoms. The normalized spacial score (nSPS) is 13.3. The van der Waals surface area contributed by atoms with Crippen molar-refractivity contribution in [1.82, 2.24) is 19.9 Å². The molecule has 5 rings (SSSR count). The minimum absolute atomic E-state index is 0. The van der Waals surface area contributed by atoms with Gasteiger partial charge in [0.05, 0.1) is 22.8 Å². The van der Waals surface area contributed by atoms with Gasteiger partial charge in [0.15, 0.2) is 0 Å². The van der Waals surface area contributed by atoms with Gasteiger partial charge >= 0.3 is 17.1 Å². The van der Waals surface area contributed by atoms with Crippen molar-refractivity contribution in [3.63, 3.8) is 0 Å². The van der Waals surface area contributed by atoms with Gasteiger partial charge in [-0.05, 0) is 79.7 Å². The summed E-state index contributed by atoms with van der Waals surface area (Å²) in [7, 11) is 0. The maximum absolute atomic E-state index is 5.25. The van der Waals surface area contributed by atoms with Crippen molar-refractivity contribution in [1.29, 1.82) is 0 Å². The minimum atomic E-state index is 0. The van der Waals surface area contributed by atoms with Crippen LogP contribution in [0, 0.1) is 0 Å². The van der Waals surface area contributed by atoms with Crippen LogP contribution in [0.25, 0.3) is 44.4 Å². The molecule has 0 radical (unpaired) electrons. The minimum Gasteiger partial charge on any atom is -0.657 e. The van der Waals surface area contributed by atoms with E-state index >= 15 is 0 Å². The van der Waals surface area contributed by atoms with E-state index in [-0.39, 0.29) is 17.1 Å². The van der Waals surface area contributed by atoms with Gasteiger partial charge < -0.3 is 9.97 Å². The molecule has 5 heterocycles. The third-order valence-corrected chi connectivity index (χ3v) is 8.82. The number of hydrogen-bond donors (Lipinski definition) is 0. The summed E-state index contributed by atoms with van der Waals surface area (Å²) in [6.07, 6.45) is 7.60. The van der Waals surface area contributed by atoms with E-state index in [4.69, 9.17) is 19.9 Å². The molecule has 2 aliphatic rings. The molecule has 41 heavy (non-hydrogen) atoms. The number of hydrogen-bond acceptors (Lipinski definition) is 2. The number of aryl methyl sites for hydroxylation is 4. The van der Waals surface area contributed by atoms with Crippen LogP contribution in [0.4, 0.5) is 0 Å². The molecule has 0 fully saturated rings. The van der Waals surface area contributed by atoms with Gasteiger partial charge in [-0.2, -0.15) is 0 Å². The summed E-state index contributed by atoms with van der Waals surface area (Å²) < 4.78 is 0. The van der Waals surface area contributed by atoms with Crippen molar-refractivity contribution in [2.45, 2.75) is 107 Å². The first-order valence-corrected chi connectivity index (χ1v) is 15.6. The fourth-order valence-corrected chi connectivity index (χ4v) is 6.92. The molecule has 0 saturated heterocycles. The third kappa shape index (κ3) is 5.28. The van der Waals surface area contributed by atoms with Crippen molar-refractivity contribution >= 4 is 44.4 Å². The van der Waals surface area contributed by atoms with Crippen molar-refractivity contribution in [2.24, 2.45) is 0 Å². The SMILES string of the molecule is CCC1=C(CC)c2cc3[n-]c(cc4[n-]c(cc5nc(cc1n2)C(CC)=C5CC)c(CC)c4CC)c(CC)c3CC.[Fe+2]. The first-order chi connectivity index (χ1) is 19.5. The largest absolute Gasteiger partial charge is 2.00 e. The summed E-state index contributed by atoms with van der Waals surface area (Å²) in [5, 5.41) is 0. The van der Waals surface area contributed by atoms with E-state index in [9.17, 15) is 0 Å². The first-order valence-electron chi connectivity index (χ1n) is 15.6. The number of fused-ring (bicyclic) bond motifs is 8. The number of nitrogens with zero attached hydrogens (tertiary/aromatic N) is 4. The van der Waals surface area contributed by atoms with Gasteiger partial charge in [0.25, 0.3) is 0 Å². The van der Waals surface area contributed by atoms with Crippen LogP contribution in [0.5, 0.6) is 0 Å². The van der Waals surface area contributed by atoms with Crippen LogP contribution >= 0.6 is 0 Å². The molecule has 4 nitrogen and oxygen atoms in total. The van der Waals surface area contributed by atoms with Crippen LogP contribution in [0.1, 0.15) is 126 Å². The molecular weight excluding hydrogens is 544 g/mol. The maximum atomic E-state index is 5.25. The number of aromatic nitrogens is 4. The van der Waals surface area contributed by atoms with Crippen LogP contribution in [0.3, 0.4) is 0 Å². The molecule has 3 aromatic rings. The Balaban J connectivity index is 0.00000387. The summed E-state index contributed by atoms with van der Waals surface area (Å²) in [5.74, 6) is 0. The summed E-state index contributed by atoms with van der Waals surface area (Å²) in [6.45, 7) is 17.9. The van der Waals surface area contributed by atoms with Crippen LogP contribution in [-0.2, 0) is 42.8 Å². The Morgan fingerprint density at radius 2 is 0.659 bits per heavy atom. The van der Waals surface area contributed by atoms with E-state index in [0.29, 0.717) is 0 Å². The zero-order valence-electron chi connectivity index (χ0n) is 26.1. The van der Waals surface area contributed by atoms with E-state index < -0.39 is 0 Å². The summed E-state index contributed by atoms with van der Waals surface area (Å²) >= 11 is 0. The third-order valence-electron chi connectivity index (χ3n) is 8.82. The molecule has 0 aromatic carbocycles. The van der Waals surface area contributed by atoms with Crippen LogP contribution in [0.2, 0.25) is 0 Å². The smallest absolute Gasteiger partial charge is 0.657 e. The standard InChI is InChI=1S/C36H44N4.Fe/c1-9-21-22(10-2)30-18-32-25(13-5)26(14-6)34(39-32)20-36-28(16-8)27(15-7)35(40-36)19-33-24(12-4)23(11-3)31(38-33)17-29(21)37-30;/h17-20H,9-16H2,1-8H3;/q-2;+2. The first kappa shape index (κ1) is 31.1. The zero-order valence-corrected chi connectivity index (χ0v) is 27.2. The van der Waals surface area contributed by atoms with Crippen LogP contribution in [-0.4, -0.2) is 9.97 Å². The molecule has 0 aliphatic carbocycles. The van der Waals surface area contributed by atoms with Gasteiger partial charge in [-0.25, -0.2) is 9.97 Å². The summed E-state index contributed by atoms with van der Waals surface area (Å²) in [6, 6.07) is 8.98. The molecule has 0 amide bonds. The second-order valence-corrected chi connectivity index (χ2v) is 10.8. The summed E-state index contributed by atoms with van der Waals surface area (Å²) in [4.78, 5) is 21.0. The molecule has 0 unspecified atom stereocenters.